The lowest BCUT2D eigenvalue weighted by Gasteiger charge is -2.26. The summed E-state index contributed by atoms with van der Waals surface area (Å²) in [6.45, 7) is 2.13. The Labute approximate surface area is 132 Å². The van der Waals surface area contributed by atoms with Gasteiger partial charge in [-0.3, -0.25) is 0 Å². The fourth-order valence-corrected chi connectivity index (χ4v) is 3.65. The van der Waals surface area contributed by atoms with Gasteiger partial charge in [-0.1, -0.05) is 12.1 Å². The van der Waals surface area contributed by atoms with E-state index in [0.29, 0.717) is 6.42 Å². The Hall–Kier alpha value is -2.32. The molecule has 0 fully saturated rings. The first-order valence-electron chi connectivity index (χ1n) is 6.92. The smallest absolute Gasteiger partial charge is 0.339 e. The number of rotatable bonds is 4. The molecule has 1 aliphatic rings. The van der Waals surface area contributed by atoms with Crippen molar-refractivity contribution in [2.24, 2.45) is 0 Å². The number of furan rings is 1. The Morgan fingerprint density at radius 3 is 2.87 bits per heavy atom. The molecular formula is C15H15NO6S. The van der Waals surface area contributed by atoms with Gasteiger partial charge in [-0.15, -0.1) is 0 Å². The molecule has 0 aliphatic carbocycles. The van der Waals surface area contributed by atoms with E-state index in [4.69, 9.17) is 14.3 Å². The highest BCUT2D eigenvalue weighted by Crippen LogP contribution is 2.28. The van der Waals surface area contributed by atoms with Crippen molar-refractivity contribution in [2.75, 3.05) is 6.61 Å². The number of hydrogen-bond acceptors (Lipinski definition) is 5. The number of carbonyl (C=O) groups is 1. The number of nitrogens with one attached hydrogen (secondary N) is 1. The first-order valence-corrected chi connectivity index (χ1v) is 8.40. The number of fused-ring (bicyclic) bond motifs is 1. The summed E-state index contributed by atoms with van der Waals surface area (Å²) in [6, 6.07) is 6.19. The molecule has 122 valence electrons. The van der Waals surface area contributed by atoms with E-state index in [1.54, 1.807) is 0 Å². The second-order valence-electron chi connectivity index (χ2n) is 5.34. The first kappa shape index (κ1) is 15.6. The molecule has 3 rings (SSSR count). The Morgan fingerprint density at radius 1 is 1.39 bits per heavy atom. The van der Waals surface area contributed by atoms with Gasteiger partial charge < -0.3 is 14.3 Å². The first-order chi connectivity index (χ1) is 10.9. The van der Waals surface area contributed by atoms with Crippen LogP contribution in [0.3, 0.4) is 0 Å². The molecule has 8 heteroatoms. The van der Waals surface area contributed by atoms with E-state index >= 15 is 0 Å². The molecule has 1 unspecified atom stereocenters. The van der Waals surface area contributed by atoms with E-state index in [2.05, 4.69) is 4.72 Å². The molecule has 0 spiro atoms. The molecule has 2 aromatic rings. The van der Waals surface area contributed by atoms with Crippen molar-refractivity contribution in [2.45, 2.75) is 24.5 Å². The zero-order valence-corrected chi connectivity index (χ0v) is 13.1. The maximum absolute atomic E-state index is 12.3. The average molecular weight is 337 g/mol. The molecule has 1 aromatic heterocycles. The number of carboxylic acids is 1. The standard InChI is InChI=1S/C15H15NO6S/c1-9-3-2-4-13-12(9)6-11(8-21-13)16-23(19,20)14-5-10(7-22-14)15(17)18/h2-5,7,11,16H,6,8H2,1H3,(H,17,18). The predicted molar refractivity (Wildman–Crippen MR) is 80.2 cm³/mol. The Kier molecular flexibility index (Phi) is 3.87. The molecule has 7 nitrogen and oxygen atoms in total. The van der Waals surface area contributed by atoms with Crippen LogP contribution >= 0.6 is 0 Å². The van der Waals surface area contributed by atoms with Crippen LogP contribution in [-0.4, -0.2) is 32.1 Å². The lowest BCUT2D eigenvalue weighted by atomic mass is 9.99. The summed E-state index contributed by atoms with van der Waals surface area (Å²) in [4.78, 5) is 10.8. The number of aromatic carboxylic acids is 1. The molecule has 0 saturated heterocycles. The van der Waals surface area contributed by atoms with Crippen LogP contribution in [0.15, 0.2) is 40.0 Å². The van der Waals surface area contributed by atoms with Crippen molar-refractivity contribution >= 4 is 16.0 Å². The highest BCUT2D eigenvalue weighted by molar-refractivity contribution is 7.89. The number of sulfonamides is 1. The maximum atomic E-state index is 12.3. The van der Waals surface area contributed by atoms with Gasteiger partial charge in [0.25, 0.3) is 10.0 Å². The van der Waals surface area contributed by atoms with Gasteiger partial charge in [-0.25, -0.2) is 17.9 Å². The molecular weight excluding hydrogens is 322 g/mol. The number of hydrogen-bond donors (Lipinski definition) is 2. The molecule has 0 bridgehead atoms. The topological polar surface area (TPSA) is 106 Å². The molecule has 0 radical (unpaired) electrons. The van der Waals surface area contributed by atoms with Crippen LogP contribution in [0.5, 0.6) is 5.75 Å². The molecule has 23 heavy (non-hydrogen) atoms. The quantitative estimate of drug-likeness (QED) is 0.877. The average Bonchev–Trinajstić information content (AvgIpc) is 2.99. The molecule has 1 aromatic carbocycles. The minimum Gasteiger partial charge on any atom is -0.492 e. The number of aryl methyl sites for hydroxylation is 1. The lowest BCUT2D eigenvalue weighted by Crippen LogP contribution is -2.42. The van der Waals surface area contributed by atoms with Crippen LogP contribution < -0.4 is 9.46 Å². The fraction of sp³-hybridized carbons (Fsp3) is 0.267. The second-order valence-corrected chi connectivity index (χ2v) is 6.99. The summed E-state index contributed by atoms with van der Waals surface area (Å²) in [5.74, 6) is -0.493. The fourth-order valence-electron chi connectivity index (χ4n) is 2.49. The van der Waals surface area contributed by atoms with Gasteiger partial charge in [0.15, 0.2) is 0 Å². The lowest BCUT2D eigenvalue weighted by molar-refractivity contribution is 0.0696. The van der Waals surface area contributed by atoms with Gasteiger partial charge in [0.2, 0.25) is 5.09 Å². The summed E-state index contributed by atoms with van der Waals surface area (Å²) in [5, 5.41) is 8.40. The molecule has 0 saturated carbocycles. The normalized spacial score (nSPS) is 17.3. The molecule has 2 heterocycles. The molecule has 2 N–H and O–H groups in total. The summed E-state index contributed by atoms with van der Waals surface area (Å²) in [5.41, 5.74) is 1.76. The highest BCUT2D eigenvalue weighted by atomic mass is 32.2. The molecule has 0 amide bonds. The van der Waals surface area contributed by atoms with E-state index in [0.717, 1.165) is 29.2 Å². The van der Waals surface area contributed by atoms with Gasteiger partial charge in [0.1, 0.15) is 18.6 Å². The van der Waals surface area contributed by atoms with E-state index in [9.17, 15) is 13.2 Å². The van der Waals surface area contributed by atoms with Crippen LogP contribution in [0.4, 0.5) is 0 Å². The summed E-state index contributed by atoms with van der Waals surface area (Å²) >= 11 is 0. The summed E-state index contributed by atoms with van der Waals surface area (Å²) in [6.07, 6.45) is 1.39. The van der Waals surface area contributed by atoms with Crippen LogP contribution in [-0.2, 0) is 16.4 Å². The minimum atomic E-state index is -3.95. The van der Waals surface area contributed by atoms with Crippen LogP contribution in [0.1, 0.15) is 21.5 Å². The summed E-state index contributed by atoms with van der Waals surface area (Å²) < 4.78 is 37.5. The van der Waals surface area contributed by atoms with Crippen molar-refractivity contribution in [3.05, 3.63) is 47.2 Å². The van der Waals surface area contributed by atoms with Crippen LogP contribution in [0.2, 0.25) is 0 Å². The van der Waals surface area contributed by atoms with Crippen molar-refractivity contribution < 1.29 is 27.5 Å². The third-order valence-corrected chi connectivity index (χ3v) is 5.05. The van der Waals surface area contributed by atoms with E-state index in [1.165, 1.54) is 0 Å². The van der Waals surface area contributed by atoms with Gasteiger partial charge in [0.05, 0.1) is 11.6 Å². The molecule has 1 aliphatic heterocycles. The van der Waals surface area contributed by atoms with Crippen molar-refractivity contribution in [3.63, 3.8) is 0 Å². The Balaban J connectivity index is 1.79. The third-order valence-electron chi connectivity index (χ3n) is 3.67. The number of ether oxygens (including phenoxy) is 1. The third kappa shape index (κ3) is 3.08. The Morgan fingerprint density at radius 2 is 2.17 bits per heavy atom. The van der Waals surface area contributed by atoms with E-state index in [-0.39, 0.29) is 12.2 Å². The van der Waals surface area contributed by atoms with Crippen LogP contribution in [0.25, 0.3) is 0 Å². The van der Waals surface area contributed by atoms with Gasteiger partial charge >= 0.3 is 5.97 Å². The monoisotopic (exact) mass is 337 g/mol. The van der Waals surface area contributed by atoms with Gasteiger partial charge in [0, 0.05) is 6.07 Å². The van der Waals surface area contributed by atoms with E-state index < -0.39 is 27.1 Å². The zero-order chi connectivity index (χ0) is 16.6. The Bertz CT molecular complexity index is 855. The van der Waals surface area contributed by atoms with Gasteiger partial charge in [-0.2, -0.15) is 0 Å². The second kappa shape index (κ2) is 5.71. The van der Waals surface area contributed by atoms with Gasteiger partial charge in [-0.05, 0) is 30.5 Å². The van der Waals surface area contributed by atoms with E-state index in [1.807, 2.05) is 25.1 Å². The zero-order valence-electron chi connectivity index (χ0n) is 12.3. The number of benzene rings is 1. The molecule has 1 atom stereocenters. The van der Waals surface area contributed by atoms with Crippen LogP contribution in [0, 0.1) is 6.92 Å². The van der Waals surface area contributed by atoms with Crippen molar-refractivity contribution in [3.8, 4) is 5.75 Å². The minimum absolute atomic E-state index is 0.197. The van der Waals surface area contributed by atoms with Crippen molar-refractivity contribution in [1.82, 2.24) is 4.72 Å². The largest absolute Gasteiger partial charge is 0.492 e. The number of carboxylic acid groups (broad SMARTS) is 1. The highest BCUT2D eigenvalue weighted by Gasteiger charge is 2.28. The summed E-state index contributed by atoms with van der Waals surface area (Å²) in [7, 11) is -3.95. The predicted octanol–water partition coefficient (Wildman–Crippen LogP) is 1.57. The van der Waals surface area contributed by atoms with Crippen molar-refractivity contribution in [1.29, 1.82) is 0 Å². The maximum Gasteiger partial charge on any atom is 0.339 e. The SMILES string of the molecule is Cc1cccc2c1CC(NS(=O)(=O)c1cc(C(=O)O)co1)CO2.